The molecule has 0 radical (unpaired) electrons. The smallest absolute Gasteiger partial charge is 0.410 e. The Morgan fingerprint density at radius 2 is 2.15 bits per heavy atom. The van der Waals surface area contributed by atoms with E-state index in [4.69, 9.17) is 4.74 Å². The number of fused-ring (bicyclic) bond motifs is 1. The first-order chi connectivity index (χ1) is 12.7. The second-order valence-electron chi connectivity index (χ2n) is 6.46. The van der Waals surface area contributed by atoms with E-state index in [0.29, 0.717) is 13.2 Å². The van der Waals surface area contributed by atoms with Crippen molar-refractivity contribution >= 4 is 27.8 Å². The van der Waals surface area contributed by atoms with E-state index in [1.165, 1.54) is 5.56 Å². The van der Waals surface area contributed by atoms with Crippen molar-refractivity contribution in [3.63, 3.8) is 0 Å². The van der Waals surface area contributed by atoms with Crippen LogP contribution in [-0.4, -0.2) is 27.5 Å². The van der Waals surface area contributed by atoms with E-state index in [9.17, 15) is 4.79 Å². The van der Waals surface area contributed by atoms with Gasteiger partial charge in [0.15, 0.2) is 5.65 Å². The average molecular weight is 367 g/mol. The van der Waals surface area contributed by atoms with E-state index in [1.54, 1.807) is 16.2 Å². The van der Waals surface area contributed by atoms with Gasteiger partial charge in [-0.1, -0.05) is 37.3 Å². The van der Waals surface area contributed by atoms with Gasteiger partial charge in [-0.2, -0.15) is 0 Å². The summed E-state index contributed by atoms with van der Waals surface area (Å²) in [5, 5.41) is 0.954. The molecule has 1 aliphatic rings. The van der Waals surface area contributed by atoms with Crippen molar-refractivity contribution in [2.45, 2.75) is 38.8 Å². The second-order valence-corrected chi connectivity index (χ2v) is 7.52. The van der Waals surface area contributed by atoms with Gasteiger partial charge in [-0.05, 0) is 36.5 Å². The normalized spacial score (nSPS) is 17.0. The van der Waals surface area contributed by atoms with E-state index in [-0.39, 0.29) is 12.1 Å². The third-order valence-electron chi connectivity index (χ3n) is 4.71. The number of aryl methyl sites for hydroxylation is 1. The third kappa shape index (κ3) is 3.42. The van der Waals surface area contributed by atoms with Crippen LogP contribution >= 0.6 is 11.3 Å². The minimum atomic E-state index is -0.266. The Bertz CT molecular complexity index is 910. The van der Waals surface area contributed by atoms with Gasteiger partial charge < -0.3 is 4.74 Å². The minimum Gasteiger partial charge on any atom is -0.445 e. The van der Waals surface area contributed by atoms with Crippen LogP contribution in [-0.2, 0) is 17.8 Å². The zero-order valence-corrected chi connectivity index (χ0v) is 15.5. The molecule has 2 aromatic heterocycles. The van der Waals surface area contributed by atoms with Gasteiger partial charge >= 0.3 is 6.09 Å². The molecule has 1 aliphatic heterocycles. The molecular weight excluding hydrogens is 346 g/mol. The Balaban J connectivity index is 1.50. The average Bonchev–Trinajstić information content (AvgIpc) is 3.32. The van der Waals surface area contributed by atoms with Crippen LogP contribution in [0, 0.1) is 0 Å². The first-order valence-corrected chi connectivity index (χ1v) is 9.79. The molecule has 6 heteroatoms. The number of aromatic nitrogens is 2. The van der Waals surface area contributed by atoms with Crippen molar-refractivity contribution in [1.82, 2.24) is 14.9 Å². The molecule has 3 heterocycles. The van der Waals surface area contributed by atoms with E-state index in [0.717, 1.165) is 40.2 Å². The van der Waals surface area contributed by atoms with Crippen LogP contribution < -0.4 is 0 Å². The summed E-state index contributed by atoms with van der Waals surface area (Å²) in [7, 11) is 0. The van der Waals surface area contributed by atoms with Gasteiger partial charge in [0.1, 0.15) is 11.6 Å². The fourth-order valence-electron chi connectivity index (χ4n) is 3.26. The Morgan fingerprint density at radius 3 is 2.96 bits per heavy atom. The second kappa shape index (κ2) is 7.41. The zero-order valence-electron chi connectivity index (χ0n) is 14.7. The number of likely N-dealkylation sites (tertiary alicyclic amines) is 1. The molecule has 1 fully saturated rings. The van der Waals surface area contributed by atoms with E-state index >= 15 is 0 Å². The lowest BCUT2D eigenvalue weighted by Gasteiger charge is -2.22. The summed E-state index contributed by atoms with van der Waals surface area (Å²) in [4.78, 5) is 23.5. The maximum absolute atomic E-state index is 12.6. The first-order valence-electron chi connectivity index (χ1n) is 8.97. The minimum absolute atomic E-state index is 0.0115. The number of benzene rings is 1. The van der Waals surface area contributed by atoms with Crippen molar-refractivity contribution in [1.29, 1.82) is 0 Å². The summed E-state index contributed by atoms with van der Waals surface area (Å²) in [5.74, 6) is 0. The molecule has 0 N–H and O–H groups in total. The number of hydrogen-bond donors (Lipinski definition) is 0. The lowest BCUT2D eigenvalue weighted by atomic mass is 10.2. The van der Waals surface area contributed by atoms with Crippen LogP contribution in [0.1, 0.15) is 41.9 Å². The number of carbonyl (C=O) groups excluding carboxylic acids is 1. The van der Waals surface area contributed by atoms with Gasteiger partial charge in [0.2, 0.25) is 0 Å². The van der Waals surface area contributed by atoms with Gasteiger partial charge in [0.05, 0.1) is 10.7 Å². The summed E-state index contributed by atoms with van der Waals surface area (Å²) in [6.45, 7) is 3.12. The van der Waals surface area contributed by atoms with Crippen LogP contribution in [0.25, 0.3) is 10.3 Å². The van der Waals surface area contributed by atoms with Gasteiger partial charge in [-0.25, -0.2) is 14.8 Å². The highest BCUT2D eigenvalue weighted by molar-refractivity contribution is 7.18. The van der Waals surface area contributed by atoms with Crippen molar-refractivity contribution in [3.8, 4) is 0 Å². The van der Waals surface area contributed by atoms with Crippen LogP contribution in [0.5, 0.6) is 0 Å². The first kappa shape index (κ1) is 17.0. The van der Waals surface area contributed by atoms with Crippen LogP contribution in [0.15, 0.2) is 42.6 Å². The maximum atomic E-state index is 12.6. The van der Waals surface area contributed by atoms with E-state index in [1.807, 2.05) is 36.5 Å². The summed E-state index contributed by atoms with van der Waals surface area (Å²) >= 11 is 1.64. The highest BCUT2D eigenvalue weighted by Gasteiger charge is 2.33. The lowest BCUT2D eigenvalue weighted by Crippen LogP contribution is -2.31. The fourth-order valence-corrected chi connectivity index (χ4v) is 4.40. The SMILES string of the molecule is CCc1cnc2nc([C@H]3CCCN3C(=O)OCc3ccccc3)sc2c1. The summed E-state index contributed by atoms with van der Waals surface area (Å²) in [6, 6.07) is 11.9. The predicted octanol–water partition coefficient (Wildman–Crippen LogP) is 4.73. The molecule has 1 atom stereocenters. The maximum Gasteiger partial charge on any atom is 0.410 e. The van der Waals surface area contributed by atoms with Crippen molar-refractivity contribution < 1.29 is 9.53 Å². The van der Waals surface area contributed by atoms with E-state index < -0.39 is 0 Å². The molecule has 4 rings (SSSR count). The number of amides is 1. The molecule has 0 saturated carbocycles. The molecule has 134 valence electrons. The molecule has 0 unspecified atom stereocenters. The summed E-state index contributed by atoms with van der Waals surface area (Å²) in [6.07, 6.45) is 4.46. The Morgan fingerprint density at radius 1 is 1.31 bits per heavy atom. The number of thiazole rings is 1. The number of pyridine rings is 1. The standard InChI is InChI=1S/C20H21N3O2S/c1-2-14-11-17-18(21-12-14)22-19(26-17)16-9-6-10-23(16)20(24)25-13-15-7-4-3-5-8-15/h3-5,7-8,11-12,16H,2,6,9-10,13H2,1H3/t16-/m1/s1. The van der Waals surface area contributed by atoms with Crippen molar-refractivity contribution in [3.05, 3.63) is 58.7 Å². The van der Waals surface area contributed by atoms with E-state index in [2.05, 4.69) is 23.0 Å². The number of rotatable bonds is 4. The molecule has 1 saturated heterocycles. The van der Waals surface area contributed by atoms with Crippen molar-refractivity contribution in [2.75, 3.05) is 6.54 Å². The fraction of sp³-hybridized carbons (Fsp3) is 0.350. The summed E-state index contributed by atoms with van der Waals surface area (Å²) < 4.78 is 6.61. The molecule has 0 aliphatic carbocycles. The largest absolute Gasteiger partial charge is 0.445 e. The van der Waals surface area contributed by atoms with Gasteiger partial charge in [0, 0.05) is 12.7 Å². The van der Waals surface area contributed by atoms with Gasteiger partial charge in [-0.15, -0.1) is 11.3 Å². The van der Waals surface area contributed by atoms with Gasteiger partial charge in [0.25, 0.3) is 0 Å². The molecule has 1 aromatic carbocycles. The number of nitrogens with zero attached hydrogens (tertiary/aromatic N) is 3. The lowest BCUT2D eigenvalue weighted by molar-refractivity contribution is 0.0920. The number of hydrogen-bond acceptors (Lipinski definition) is 5. The molecule has 5 nitrogen and oxygen atoms in total. The monoisotopic (exact) mass is 367 g/mol. The highest BCUT2D eigenvalue weighted by atomic mass is 32.1. The van der Waals surface area contributed by atoms with Crippen LogP contribution in [0.4, 0.5) is 4.79 Å². The topological polar surface area (TPSA) is 55.3 Å². The number of ether oxygens (including phenoxy) is 1. The number of carbonyl (C=O) groups is 1. The predicted molar refractivity (Wildman–Crippen MR) is 102 cm³/mol. The Hall–Kier alpha value is -2.47. The zero-order chi connectivity index (χ0) is 17.9. The molecular formula is C20H21N3O2S. The quantitative estimate of drug-likeness (QED) is 0.669. The third-order valence-corrected chi connectivity index (χ3v) is 5.80. The molecule has 0 spiro atoms. The molecule has 26 heavy (non-hydrogen) atoms. The van der Waals surface area contributed by atoms with Crippen molar-refractivity contribution in [2.24, 2.45) is 0 Å². The Labute approximate surface area is 156 Å². The Kier molecular flexibility index (Phi) is 4.84. The van der Waals surface area contributed by atoms with Crippen LogP contribution in [0.2, 0.25) is 0 Å². The van der Waals surface area contributed by atoms with Gasteiger partial charge in [-0.3, -0.25) is 4.90 Å². The van der Waals surface area contributed by atoms with Crippen LogP contribution in [0.3, 0.4) is 0 Å². The molecule has 1 amide bonds. The molecule has 3 aromatic rings. The summed E-state index contributed by atoms with van der Waals surface area (Å²) in [5.41, 5.74) is 2.97. The molecule has 0 bridgehead atoms. The highest BCUT2D eigenvalue weighted by Crippen LogP contribution is 2.36.